The van der Waals surface area contributed by atoms with Gasteiger partial charge in [-0.05, 0) is 90.4 Å². The second kappa shape index (κ2) is 16.6. The van der Waals surface area contributed by atoms with Gasteiger partial charge in [-0.15, -0.1) is 0 Å². The molecule has 4 aromatic carbocycles. The molecule has 286 valence electrons. The van der Waals surface area contributed by atoms with Crippen molar-refractivity contribution in [1.82, 2.24) is 0 Å². The van der Waals surface area contributed by atoms with Gasteiger partial charge in [0.1, 0.15) is 18.1 Å². The number of phenolic OH excluding ortho intramolecular Hbond substituents is 7. The third-order valence-corrected chi connectivity index (χ3v) is 9.19. The van der Waals surface area contributed by atoms with Crippen LogP contribution in [0.4, 0.5) is 0 Å². The molecule has 0 aromatic heterocycles. The molecule has 14 nitrogen and oxygen atoms in total. The van der Waals surface area contributed by atoms with Crippen LogP contribution >= 0.6 is 0 Å². The molecule has 0 spiro atoms. The average molecular weight is 747 g/mol. The highest BCUT2D eigenvalue weighted by atomic mass is 16.6. The topological polar surface area (TPSA) is 230 Å². The Kier molecular flexibility index (Phi) is 11.9. The fourth-order valence-electron chi connectivity index (χ4n) is 6.45. The molecule has 14 heteroatoms. The van der Waals surface area contributed by atoms with Crippen molar-refractivity contribution in [3.05, 3.63) is 94.5 Å². The summed E-state index contributed by atoms with van der Waals surface area (Å²) >= 11 is 0. The maximum atomic E-state index is 14.1. The lowest BCUT2D eigenvalue weighted by Crippen LogP contribution is -2.30. The van der Waals surface area contributed by atoms with Crippen molar-refractivity contribution < 1.29 is 69.1 Å². The van der Waals surface area contributed by atoms with E-state index < -0.39 is 53.6 Å². The van der Waals surface area contributed by atoms with E-state index in [0.717, 1.165) is 7.11 Å². The van der Waals surface area contributed by atoms with E-state index in [9.17, 15) is 50.1 Å². The number of aromatic hydroxyl groups is 7. The molecule has 0 saturated heterocycles. The van der Waals surface area contributed by atoms with Crippen LogP contribution in [0.2, 0.25) is 0 Å². The molecular weight excluding hydrogens is 704 g/mol. The monoisotopic (exact) mass is 746 g/mol. The Morgan fingerprint density at radius 3 is 1.85 bits per heavy atom. The summed E-state index contributed by atoms with van der Waals surface area (Å²) in [5.41, 5.74) is 2.31. The first-order chi connectivity index (χ1) is 25.6. The predicted octanol–water partition coefficient (Wildman–Crippen LogP) is 5.30. The first kappa shape index (κ1) is 38.9. The van der Waals surface area contributed by atoms with Gasteiger partial charge >= 0.3 is 17.9 Å². The predicted molar refractivity (Wildman–Crippen MR) is 190 cm³/mol. The lowest BCUT2D eigenvalue weighted by atomic mass is 9.84. The minimum Gasteiger partial charge on any atom is -0.504 e. The third-order valence-electron chi connectivity index (χ3n) is 9.19. The highest BCUT2D eigenvalue weighted by Gasteiger charge is 2.45. The number of benzene rings is 4. The standard InChI is InChI=1S/C40H42O14/c1-20(4-13-34(48)53-33(39(49)51-3)18-23-6-10-27(42)31(46)17-23)14-24-7-12-29(44)38-35(24)36(37(54-38)25-8-11-28(43)32(47)19-25)40(50)52-21(2)15-22-5-9-26(41)30(45)16-22/h5-12,16-17,19-21,33,36-37,41-47H,4,13-15,18H2,1-3H3. The van der Waals surface area contributed by atoms with Gasteiger partial charge in [-0.3, -0.25) is 9.59 Å². The molecule has 1 heterocycles. The molecule has 5 unspecified atom stereocenters. The normalized spacial score (nSPS) is 16.4. The summed E-state index contributed by atoms with van der Waals surface area (Å²) in [6, 6.07) is 15.3. The Labute approximate surface area is 310 Å². The fraction of sp³-hybridized carbons (Fsp3) is 0.325. The van der Waals surface area contributed by atoms with Crippen LogP contribution in [0.1, 0.15) is 66.5 Å². The molecule has 1 aliphatic rings. The lowest BCUT2D eigenvalue weighted by Gasteiger charge is -2.23. The second-order valence-corrected chi connectivity index (χ2v) is 13.4. The molecular formula is C40H42O14. The van der Waals surface area contributed by atoms with Gasteiger partial charge in [-0.2, -0.15) is 0 Å². The highest BCUT2D eigenvalue weighted by molar-refractivity contribution is 5.83. The molecule has 54 heavy (non-hydrogen) atoms. The Balaban J connectivity index is 1.34. The van der Waals surface area contributed by atoms with E-state index in [4.69, 9.17) is 18.9 Å². The maximum Gasteiger partial charge on any atom is 0.347 e. The smallest absolute Gasteiger partial charge is 0.347 e. The number of esters is 3. The van der Waals surface area contributed by atoms with Crippen molar-refractivity contribution >= 4 is 17.9 Å². The average Bonchev–Trinajstić information content (AvgIpc) is 3.54. The molecule has 5 atom stereocenters. The van der Waals surface area contributed by atoms with Gasteiger partial charge in [-0.1, -0.05) is 31.2 Å². The van der Waals surface area contributed by atoms with Gasteiger partial charge in [0.2, 0.25) is 6.10 Å². The Morgan fingerprint density at radius 1 is 0.685 bits per heavy atom. The number of carbonyl (C=O) groups excluding carboxylic acids is 3. The van der Waals surface area contributed by atoms with Gasteiger partial charge in [0.25, 0.3) is 0 Å². The van der Waals surface area contributed by atoms with E-state index in [1.54, 1.807) is 19.1 Å². The van der Waals surface area contributed by atoms with Gasteiger partial charge < -0.3 is 54.7 Å². The number of phenols is 7. The van der Waals surface area contributed by atoms with Gasteiger partial charge in [0, 0.05) is 24.8 Å². The van der Waals surface area contributed by atoms with Crippen molar-refractivity contribution in [3.63, 3.8) is 0 Å². The quantitative estimate of drug-likeness (QED) is 0.0493. The van der Waals surface area contributed by atoms with Gasteiger partial charge in [0.05, 0.1) is 7.11 Å². The number of rotatable bonds is 14. The number of fused-ring (bicyclic) bond motifs is 1. The summed E-state index contributed by atoms with van der Waals surface area (Å²) < 4.78 is 22.3. The number of hydrogen-bond acceptors (Lipinski definition) is 14. The molecule has 0 saturated carbocycles. The summed E-state index contributed by atoms with van der Waals surface area (Å²) in [7, 11) is 1.15. The Morgan fingerprint density at radius 2 is 1.26 bits per heavy atom. The maximum absolute atomic E-state index is 14.1. The molecule has 0 aliphatic carbocycles. The van der Waals surface area contributed by atoms with Crippen molar-refractivity contribution in [1.29, 1.82) is 0 Å². The molecule has 0 fully saturated rings. The van der Waals surface area contributed by atoms with E-state index in [1.165, 1.54) is 54.6 Å². The van der Waals surface area contributed by atoms with Crippen molar-refractivity contribution in [2.75, 3.05) is 7.11 Å². The zero-order chi connectivity index (χ0) is 39.3. The molecule has 4 aromatic rings. The van der Waals surface area contributed by atoms with E-state index in [2.05, 4.69) is 0 Å². The van der Waals surface area contributed by atoms with Crippen molar-refractivity contribution in [3.8, 4) is 46.0 Å². The fourth-order valence-corrected chi connectivity index (χ4v) is 6.45. The van der Waals surface area contributed by atoms with Crippen LogP contribution in [0.5, 0.6) is 46.0 Å². The molecule has 0 bridgehead atoms. The van der Waals surface area contributed by atoms with Crippen molar-refractivity contribution in [2.24, 2.45) is 5.92 Å². The van der Waals surface area contributed by atoms with Crippen LogP contribution in [-0.4, -0.2) is 73.0 Å². The SMILES string of the molecule is COC(=O)C(Cc1ccc(O)c(O)c1)OC(=O)CCC(C)Cc1ccc(O)c2c1C(C(=O)OC(C)Cc1ccc(O)c(O)c1)C(c1ccc(O)c(O)c1)O2. The third kappa shape index (κ3) is 9.00. The first-order valence-electron chi connectivity index (χ1n) is 17.2. The number of hydrogen-bond donors (Lipinski definition) is 7. The van der Waals surface area contributed by atoms with Crippen LogP contribution in [0.3, 0.4) is 0 Å². The summed E-state index contributed by atoms with van der Waals surface area (Å²) in [5, 5.41) is 70.2. The largest absolute Gasteiger partial charge is 0.504 e. The molecule has 7 N–H and O–H groups in total. The summed E-state index contributed by atoms with van der Waals surface area (Å²) in [6.45, 7) is 3.53. The molecule has 0 amide bonds. The summed E-state index contributed by atoms with van der Waals surface area (Å²) in [5.74, 6) is -5.90. The van der Waals surface area contributed by atoms with Crippen LogP contribution in [-0.2, 0) is 47.9 Å². The van der Waals surface area contributed by atoms with Crippen LogP contribution < -0.4 is 4.74 Å². The summed E-state index contributed by atoms with van der Waals surface area (Å²) in [6.07, 6.45) is -2.48. The minimum absolute atomic E-state index is 0.0379. The zero-order valence-corrected chi connectivity index (χ0v) is 29.8. The van der Waals surface area contributed by atoms with Crippen molar-refractivity contribution in [2.45, 2.75) is 70.2 Å². The second-order valence-electron chi connectivity index (χ2n) is 13.4. The van der Waals surface area contributed by atoms with Gasteiger partial charge in [-0.25, -0.2) is 4.79 Å². The van der Waals surface area contributed by atoms with Crippen LogP contribution in [0.25, 0.3) is 0 Å². The van der Waals surface area contributed by atoms with Gasteiger partial charge in [0.15, 0.2) is 46.0 Å². The van der Waals surface area contributed by atoms with E-state index >= 15 is 0 Å². The summed E-state index contributed by atoms with van der Waals surface area (Å²) in [4.78, 5) is 39.4. The van der Waals surface area contributed by atoms with E-state index in [1.807, 2.05) is 6.92 Å². The molecule has 5 rings (SSSR count). The Bertz CT molecular complexity index is 2020. The van der Waals surface area contributed by atoms with Crippen LogP contribution in [0, 0.1) is 5.92 Å². The Hall–Kier alpha value is -6.31. The number of ether oxygens (including phenoxy) is 4. The first-order valence-corrected chi connectivity index (χ1v) is 17.2. The zero-order valence-electron chi connectivity index (χ0n) is 29.8. The van der Waals surface area contributed by atoms with E-state index in [-0.39, 0.29) is 59.7 Å². The lowest BCUT2D eigenvalue weighted by molar-refractivity contribution is -0.166. The number of methoxy groups -OCH3 is 1. The molecule has 1 aliphatic heterocycles. The minimum atomic E-state index is -1.30. The van der Waals surface area contributed by atoms with Crippen LogP contribution in [0.15, 0.2) is 66.7 Å². The number of carbonyl (C=O) groups is 3. The highest BCUT2D eigenvalue weighted by Crippen LogP contribution is 2.53. The molecule has 0 radical (unpaired) electrons. The van der Waals surface area contributed by atoms with E-state index in [0.29, 0.717) is 40.7 Å².